The highest BCUT2D eigenvalue weighted by molar-refractivity contribution is 5.75. The smallest absolute Gasteiger partial charge is 0.220 e. The van der Waals surface area contributed by atoms with Crippen molar-refractivity contribution >= 4 is 5.91 Å². The predicted molar refractivity (Wildman–Crippen MR) is 48.7 cm³/mol. The van der Waals surface area contributed by atoms with Crippen molar-refractivity contribution in [1.82, 2.24) is 5.32 Å². The normalized spacial score (nSPS) is 10.6. The molecule has 4 heteroatoms. The lowest BCUT2D eigenvalue weighted by Crippen LogP contribution is -2.33. The van der Waals surface area contributed by atoms with Crippen molar-refractivity contribution < 1.29 is 9.90 Å². The number of nitrogens with zero attached hydrogens (tertiary/aromatic N) is 1. The summed E-state index contributed by atoms with van der Waals surface area (Å²) in [4.78, 5) is 11.0. The number of hydrogen-bond donors (Lipinski definition) is 2. The molecule has 0 spiro atoms. The summed E-state index contributed by atoms with van der Waals surface area (Å²) in [5, 5.41) is 19.7. The third-order valence-corrected chi connectivity index (χ3v) is 1.59. The van der Waals surface area contributed by atoms with Crippen LogP contribution in [0, 0.1) is 16.7 Å². The zero-order valence-corrected chi connectivity index (χ0v) is 8.13. The number of hydrogen-bond acceptors (Lipinski definition) is 3. The molecule has 0 atom stereocenters. The molecule has 0 heterocycles. The number of carbonyl (C=O) groups excluding carboxylic acids is 1. The minimum absolute atomic E-state index is 0.0229. The molecule has 74 valence electrons. The van der Waals surface area contributed by atoms with E-state index in [4.69, 9.17) is 10.4 Å². The number of nitrogens with one attached hydrogen (secondary N) is 1. The average Bonchev–Trinajstić information content (AvgIpc) is 2.11. The Labute approximate surface area is 78.6 Å². The summed E-state index contributed by atoms with van der Waals surface area (Å²) in [7, 11) is 0. The Hall–Kier alpha value is -1.08. The third-order valence-electron chi connectivity index (χ3n) is 1.59. The van der Waals surface area contributed by atoms with Crippen LogP contribution < -0.4 is 5.32 Å². The zero-order chi connectivity index (χ0) is 10.3. The van der Waals surface area contributed by atoms with E-state index in [1.54, 1.807) is 13.8 Å². The molecule has 0 aliphatic rings. The van der Waals surface area contributed by atoms with Crippen molar-refractivity contribution in [2.45, 2.75) is 26.7 Å². The van der Waals surface area contributed by atoms with Crippen LogP contribution in [0.2, 0.25) is 0 Å². The lowest BCUT2D eigenvalue weighted by Gasteiger charge is -2.15. The highest BCUT2D eigenvalue weighted by Crippen LogP contribution is 2.10. The molecule has 0 radical (unpaired) electrons. The van der Waals surface area contributed by atoms with Crippen molar-refractivity contribution in [2.24, 2.45) is 5.41 Å². The maximum atomic E-state index is 11.0. The summed E-state index contributed by atoms with van der Waals surface area (Å²) in [5.41, 5.74) is -0.519. The van der Waals surface area contributed by atoms with Gasteiger partial charge in [-0.15, -0.1) is 0 Å². The first kappa shape index (κ1) is 11.9. The van der Waals surface area contributed by atoms with Gasteiger partial charge in [-0.05, 0) is 20.3 Å². The van der Waals surface area contributed by atoms with Gasteiger partial charge in [-0.3, -0.25) is 4.79 Å². The number of nitriles is 1. The Balaban J connectivity index is 3.65. The maximum Gasteiger partial charge on any atom is 0.220 e. The van der Waals surface area contributed by atoms with Crippen molar-refractivity contribution in [2.75, 3.05) is 13.2 Å². The van der Waals surface area contributed by atoms with Crippen LogP contribution in [0.25, 0.3) is 0 Å². The molecule has 4 nitrogen and oxygen atoms in total. The fraction of sp³-hybridized carbons (Fsp3) is 0.778. The summed E-state index contributed by atoms with van der Waals surface area (Å²) >= 11 is 0. The predicted octanol–water partition coefficient (Wildman–Crippen LogP) is 0.425. The van der Waals surface area contributed by atoms with Crippen LogP contribution in [0.1, 0.15) is 26.7 Å². The molecule has 13 heavy (non-hydrogen) atoms. The van der Waals surface area contributed by atoms with Gasteiger partial charge in [-0.2, -0.15) is 5.26 Å². The molecule has 0 rings (SSSR count). The van der Waals surface area contributed by atoms with E-state index in [2.05, 4.69) is 11.4 Å². The average molecular weight is 184 g/mol. The second kappa shape index (κ2) is 5.55. The molecule has 0 aromatic carbocycles. The first-order valence-electron chi connectivity index (χ1n) is 4.30. The van der Waals surface area contributed by atoms with Gasteiger partial charge in [-0.25, -0.2) is 0 Å². The van der Waals surface area contributed by atoms with Gasteiger partial charge in [0.1, 0.15) is 0 Å². The van der Waals surface area contributed by atoms with Crippen molar-refractivity contribution in [3.63, 3.8) is 0 Å². The SMILES string of the molecule is CC(C)(C#N)CNC(=O)CCCO. The molecule has 1 amide bonds. The van der Waals surface area contributed by atoms with Crippen LogP contribution in [0.3, 0.4) is 0 Å². The second-order valence-electron chi connectivity index (χ2n) is 3.60. The largest absolute Gasteiger partial charge is 0.396 e. The van der Waals surface area contributed by atoms with Crippen LogP contribution in [0.4, 0.5) is 0 Å². The van der Waals surface area contributed by atoms with Gasteiger partial charge >= 0.3 is 0 Å². The molecular formula is C9H16N2O2. The number of rotatable bonds is 5. The molecule has 2 N–H and O–H groups in total. The third kappa shape index (κ3) is 6.12. The number of aliphatic hydroxyl groups is 1. The van der Waals surface area contributed by atoms with Gasteiger partial charge in [0.15, 0.2) is 0 Å². The fourth-order valence-corrected chi connectivity index (χ4v) is 0.687. The van der Waals surface area contributed by atoms with E-state index in [9.17, 15) is 4.79 Å². The maximum absolute atomic E-state index is 11.0. The highest BCUT2D eigenvalue weighted by atomic mass is 16.3. The Bertz CT molecular complexity index is 206. The minimum atomic E-state index is -0.519. The number of aliphatic hydroxyl groups excluding tert-OH is 1. The Kier molecular flexibility index (Phi) is 5.09. The molecule has 0 aliphatic heterocycles. The van der Waals surface area contributed by atoms with Gasteiger partial charge in [0, 0.05) is 19.6 Å². The van der Waals surface area contributed by atoms with Gasteiger partial charge in [0.25, 0.3) is 0 Å². The molecule has 0 saturated carbocycles. The Morgan fingerprint density at radius 3 is 2.69 bits per heavy atom. The zero-order valence-electron chi connectivity index (χ0n) is 8.13. The molecule has 0 aliphatic carbocycles. The quantitative estimate of drug-likeness (QED) is 0.650. The first-order valence-corrected chi connectivity index (χ1v) is 4.30. The van der Waals surface area contributed by atoms with Gasteiger partial charge in [-0.1, -0.05) is 0 Å². The molecule has 0 fully saturated rings. The van der Waals surface area contributed by atoms with Gasteiger partial charge in [0.2, 0.25) is 5.91 Å². The van der Waals surface area contributed by atoms with Gasteiger partial charge in [0.05, 0.1) is 11.5 Å². The standard InChI is InChI=1S/C9H16N2O2/c1-9(2,6-10)7-11-8(13)4-3-5-12/h12H,3-5,7H2,1-2H3,(H,11,13). The van der Waals surface area contributed by atoms with E-state index in [-0.39, 0.29) is 12.5 Å². The van der Waals surface area contributed by atoms with E-state index in [0.717, 1.165) is 0 Å². The van der Waals surface area contributed by atoms with Crippen LogP contribution in [0.15, 0.2) is 0 Å². The summed E-state index contributed by atoms with van der Waals surface area (Å²) in [6.07, 6.45) is 0.789. The fourth-order valence-electron chi connectivity index (χ4n) is 0.687. The lowest BCUT2D eigenvalue weighted by atomic mass is 9.96. The van der Waals surface area contributed by atoms with Gasteiger partial charge < -0.3 is 10.4 Å². The minimum Gasteiger partial charge on any atom is -0.396 e. The first-order chi connectivity index (χ1) is 6.02. The van der Waals surface area contributed by atoms with Crippen LogP contribution in [0.5, 0.6) is 0 Å². The van der Waals surface area contributed by atoms with E-state index >= 15 is 0 Å². The molecule has 0 aromatic heterocycles. The Morgan fingerprint density at radius 1 is 1.62 bits per heavy atom. The summed E-state index contributed by atoms with van der Waals surface area (Å²) in [6, 6.07) is 2.09. The van der Waals surface area contributed by atoms with Crippen LogP contribution in [-0.4, -0.2) is 24.2 Å². The van der Waals surface area contributed by atoms with Crippen molar-refractivity contribution in [3.8, 4) is 6.07 Å². The van der Waals surface area contributed by atoms with Crippen molar-refractivity contribution in [3.05, 3.63) is 0 Å². The van der Waals surface area contributed by atoms with E-state index in [0.29, 0.717) is 19.4 Å². The molecule has 0 aromatic rings. The monoisotopic (exact) mass is 184 g/mol. The Morgan fingerprint density at radius 2 is 2.23 bits per heavy atom. The molecule has 0 bridgehead atoms. The number of carbonyl (C=O) groups is 1. The second-order valence-corrected chi connectivity index (χ2v) is 3.60. The van der Waals surface area contributed by atoms with E-state index in [1.165, 1.54) is 0 Å². The lowest BCUT2D eigenvalue weighted by molar-refractivity contribution is -0.121. The van der Waals surface area contributed by atoms with E-state index < -0.39 is 5.41 Å². The summed E-state index contributed by atoms with van der Waals surface area (Å²) in [6.45, 7) is 3.90. The molecule has 0 saturated heterocycles. The van der Waals surface area contributed by atoms with Crippen LogP contribution >= 0.6 is 0 Å². The summed E-state index contributed by atoms with van der Waals surface area (Å²) < 4.78 is 0. The number of amides is 1. The molecule has 0 unspecified atom stereocenters. The topological polar surface area (TPSA) is 73.1 Å². The van der Waals surface area contributed by atoms with Crippen LogP contribution in [-0.2, 0) is 4.79 Å². The van der Waals surface area contributed by atoms with E-state index in [1.807, 2.05) is 0 Å². The highest BCUT2D eigenvalue weighted by Gasteiger charge is 2.17. The summed E-state index contributed by atoms with van der Waals surface area (Å²) in [5.74, 6) is -0.114. The van der Waals surface area contributed by atoms with Crippen molar-refractivity contribution in [1.29, 1.82) is 5.26 Å². The molecular weight excluding hydrogens is 168 g/mol.